The van der Waals surface area contributed by atoms with E-state index in [1.165, 1.54) is 36.4 Å². The Morgan fingerprint density at radius 2 is 1.24 bits per heavy atom. The fraction of sp³-hybridized carbons (Fsp3) is 0.250. The number of aromatic hydroxyl groups is 7. The summed E-state index contributed by atoms with van der Waals surface area (Å²) in [5, 5.41) is 84.3. The van der Waals surface area contributed by atoms with Crippen LogP contribution >= 0.6 is 0 Å². The van der Waals surface area contributed by atoms with Gasteiger partial charge in [0.1, 0.15) is 41.0 Å². The quantitative estimate of drug-likeness (QED) is 0.156. The second kappa shape index (κ2) is 9.85. The molecule has 10 nitrogen and oxygen atoms in total. The Kier molecular flexibility index (Phi) is 6.38. The van der Waals surface area contributed by atoms with E-state index in [-0.39, 0.29) is 45.8 Å². The van der Waals surface area contributed by atoms with Crippen molar-refractivity contribution in [1.82, 2.24) is 0 Å². The molecule has 0 spiro atoms. The zero-order valence-corrected chi connectivity index (χ0v) is 22.7. The van der Waals surface area contributed by atoms with Crippen molar-refractivity contribution in [1.29, 1.82) is 0 Å². The summed E-state index contributed by atoms with van der Waals surface area (Å²) in [5.41, 5.74) is 3.24. The van der Waals surface area contributed by atoms with Crippen LogP contribution in [0.3, 0.4) is 0 Å². The van der Waals surface area contributed by atoms with Gasteiger partial charge in [0.05, 0.1) is 5.92 Å². The predicted molar refractivity (Wildman–Crippen MR) is 150 cm³/mol. The highest BCUT2D eigenvalue weighted by Gasteiger charge is 2.44. The summed E-state index contributed by atoms with van der Waals surface area (Å²) in [5.74, 6) is -2.49. The number of phenols is 7. The van der Waals surface area contributed by atoms with E-state index < -0.39 is 30.0 Å². The summed E-state index contributed by atoms with van der Waals surface area (Å²) in [4.78, 5) is 0. The number of phenolic OH excluding ortho intramolecular Hbond substituents is 7. The molecule has 8 N–H and O–H groups in total. The summed E-state index contributed by atoms with van der Waals surface area (Å²) in [6, 6.07) is 11.1. The van der Waals surface area contributed by atoms with Gasteiger partial charge < -0.3 is 50.3 Å². The molecular weight excluding hydrogens is 544 g/mol. The maximum absolute atomic E-state index is 11.8. The zero-order valence-electron chi connectivity index (χ0n) is 22.7. The predicted octanol–water partition coefficient (Wildman–Crippen LogP) is 4.94. The Balaban J connectivity index is 1.48. The number of hydrogen-bond donors (Lipinski definition) is 8. The van der Waals surface area contributed by atoms with Gasteiger partial charge in [0, 0.05) is 28.8 Å². The van der Waals surface area contributed by atoms with E-state index in [2.05, 4.69) is 0 Å². The van der Waals surface area contributed by atoms with Crippen molar-refractivity contribution < 1.29 is 50.3 Å². The van der Waals surface area contributed by atoms with Crippen molar-refractivity contribution in [2.75, 3.05) is 0 Å². The van der Waals surface area contributed by atoms with Crippen LogP contribution in [0.4, 0.5) is 0 Å². The smallest absolute Gasteiger partial charge is 0.157 e. The average Bonchev–Trinajstić information content (AvgIpc) is 2.95. The molecule has 0 bridgehead atoms. The SMILES string of the molecule is Cc1c(O)cc(O)c2c1OC(c1ccc(O)c(O)c1)C(O)C2c1c(O)cc2c(c1C)CCC(c1ccc(O)c(O)c1)O2. The van der Waals surface area contributed by atoms with Crippen molar-refractivity contribution in [3.63, 3.8) is 0 Å². The van der Waals surface area contributed by atoms with Gasteiger partial charge in [-0.1, -0.05) is 12.1 Å². The molecule has 0 saturated carbocycles. The van der Waals surface area contributed by atoms with Crippen LogP contribution in [-0.4, -0.2) is 47.0 Å². The van der Waals surface area contributed by atoms with Gasteiger partial charge in [-0.25, -0.2) is 0 Å². The zero-order chi connectivity index (χ0) is 30.0. The first kappa shape index (κ1) is 27.2. The minimum atomic E-state index is -1.38. The topological polar surface area (TPSA) is 180 Å². The van der Waals surface area contributed by atoms with Gasteiger partial charge in [-0.05, 0) is 73.2 Å². The molecule has 10 heteroatoms. The van der Waals surface area contributed by atoms with Gasteiger partial charge in [-0.2, -0.15) is 0 Å². The van der Waals surface area contributed by atoms with Crippen molar-refractivity contribution in [2.45, 2.75) is 50.9 Å². The maximum atomic E-state index is 11.8. The molecule has 0 radical (unpaired) electrons. The van der Waals surface area contributed by atoms with Crippen molar-refractivity contribution in [2.24, 2.45) is 0 Å². The molecule has 218 valence electrons. The van der Waals surface area contributed by atoms with E-state index in [0.29, 0.717) is 46.4 Å². The number of aliphatic hydroxyl groups excluding tert-OH is 1. The number of rotatable bonds is 3. The number of fused-ring (bicyclic) bond motifs is 2. The lowest BCUT2D eigenvalue weighted by Gasteiger charge is -2.40. The molecular formula is C32H30O10. The van der Waals surface area contributed by atoms with E-state index in [1.807, 2.05) is 0 Å². The molecule has 2 aliphatic rings. The summed E-state index contributed by atoms with van der Waals surface area (Å²) in [6.45, 7) is 3.39. The van der Waals surface area contributed by atoms with Gasteiger partial charge in [0.15, 0.2) is 29.1 Å². The van der Waals surface area contributed by atoms with Gasteiger partial charge in [0.2, 0.25) is 0 Å². The molecule has 0 fully saturated rings. The van der Waals surface area contributed by atoms with Gasteiger partial charge in [0.25, 0.3) is 0 Å². The van der Waals surface area contributed by atoms with Crippen LogP contribution in [0.2, 0.25) is 0 Å². The fourth-order valence-electron chi connectivity index (χ4n) is 6.14. The first-order chi connectivity index (χ1) is 20.0. The monoisotopic (exact) mass is 574 g/mol. The molecule has 0 aliphatic carbocycles. The van der Waals surface area contributed by atoms with Crippen LogP contribution in [0, 0.1) is 13.8 Å². The minimum Gasteiger partial charge on any atom is -0.507 e. The first-order valence-corrected chi connectivity index (χ1v) is 13.4. The van der Waals surface area contributed by atoms with Crippen LogP contribution in [-0.2, 0) is 6.42 Å². The highest BCUT2D eigenvalue weighted by molar-refractivity contribution is 5.65. The van der Waals surface area contributed by atoms with Crippen LogP contribution in [0.5, 0.6) is 51.7 Å². The molecule has 4 unspecified atom stereocenters. The fourth-order valence-corrected chi connectivity index (χ4v) is 6.14. The second-order valence-corrected chi connectivity index (χ2v) is 10.8. The lowest BCUT2D eigenvalue weighted by molar-refractivity contribution is 0.00620. The summed E-state index contributed by atoms with van der Waals surface area (Å²) < 4.78 is 12.3. The Labute approximate surface area is 240 Å². The van der Waals surface area contributed by atoms with Gasteiger partial charge in [-0.15, -0.1) is 0 Å². The lowest BCUT2D eigenvalue weighted by Crippen LogP contribution is -2.36. The van der Waals surface area contributed by atoms with Crippen LogP contribution in [0.1, 0.15) is 63.5 Å². The van der Waals surface area contributed by atoms with Gasteiger partial charge >= 0.3 is 0 Å². The van der Waals surface area contributed by atoms with E-state index >= 15 is 0 Å². The third kappa shape index (κ3) is 4.22. The Morgan fingerprint density at radius 3 is 1.90 bits per heavy atom. The third-order valence-electron chi connectivity index (χ3n) is 8.36. The van der Waals surface area contributed by atoms with Crippen molar-refractivity contribution in [3.8, 4) is 51.7 Å². The van der Waals surface area contributed by atoms with E-state index in [0.717, 1.165) is 11.6 Å². The number of aliphatic hydroxyl groups is 1. The highest BCUT2D eigenvalue weighted by atomic mass is 16.5. The normalized spacial score (nSPS) is 21.1. The first-order valence-electron chi connectivity index (χ1n) is 13.4. The summed E-state index contributed by atoms with van der Waals surface area (Å²) in [6.07, 6.45) is -1.86. The molecule has 42 heavy (non-hydrogen) atoms. The number of benzene rings is 4. The standard InChI is InChI=1S/C32H30O10/c1-13-17-5-8-25(15-3-6-18(33)21(36)9-15)41-26(17)12-24(39)27(13)29-28-23(38)11-20(35)14(2)31(28)42-32(30(29)40)16-4-7-19(34)22(37)10-16/h3-4,6-7,9-12,25,29-30,32-40H,5,8H2,1-2H3. The van der Waals surface area contributed by atoms with Crippen molar-refractivity contribution >= 4 is 0 Å². The van der Waals surface area contributed by atoms with E-state index in [9.17, 15) is 40.9 Å². The van der Waals surface area contributed by atoms with Crippen LogP contribution < -0.4 is 9.47 Å². The summed E-state index contributed by atoms with van der Waals surface area (Å²) in [7, 11) is 0. The Morgan fingerprint density at radius 1 is 0.619 bits per heavy atom. The van der Waals surface area contributed by atoms with E-state index in [4.69, 9.17) is 9.47 Å². The van der Waals surface area contributed by atoms with Crippen molar-refractivity contribution in [3.05, 3.63) is 87.5 Å². The molecule has 4 aromatic rings. The number of hydrogen-bond acceptors (Lipinski definition) is 10. The molecule has 2 aliphatic heterocycles. The third-order valence-corrected chi connectivity index (χ3v) is 8.36. The Hall–Kier alpha value is -4.96. The second-order valence-electron chi connectivity index (χ2n) is 10.8. The molecule has 4 aromatic carbocycles. The molecule has 0 amide bonds. The van der Waals surface area contributed by atoms with Crippen LogP contribution in [0.15, 0.2) is 48.5 Å². The molecule has 2 heterocycles. The average molecular weight is 575 g/mol. The largest absolute Gasteiger partial charge is 0.507 e. The van der Waals surface area contributed by atoms with Crippen LogP contribution in [0.25, 0.3) is 0 Å². The lowest BCUT2D eigenvalue weighted by atomic mass is 9.76. The molecule has 0 saturated heterocycles. The Bertz CT molecular complexity index is 1730. The number of ether oxygens (including phenoxy) is 2. The van der Waals surface area contributed by atoms with Gasteiger partial charge in [-0.3, -0.25) is 0 Å². The minimum absolute atomic E-state index is 0.125. The van der Waals surface area contributed by atoms with E-state index in [1.54, 1.807) is 19.9 Å². The molecule has 4 atom stereocenters. The molecule has 0 aromatic heterocycles. The highest BCUT2D eigenvalue weighted by Crippen LogP contribution is 2.56. The molecule has 6 rings (SSSR count). The summed E-state index contributed by atoms with van der Waals surface area (Å²) >= 11 is 0. The maximum Gasteiger partial charge on any atom is 0.157 e.